The van der Waals surface area contributed by atoms with Crippen LogP contribution in [0.15, 0.2) is 22.8 Å². The lowest BCUT2D eigenvalue weighted by Gasteiger charge is -2.25. The standard InChI is InChI=1S/C15H28N2O/c1-5-7-9-13(6-2)16-12-14(17(3)4)15-10-8-11-18-15/h8,10-11,13-14,16H,5-7,9,12H2,1-4H3. The van der Waals surface area contributed by atoms with Gasteiger partial charge in [0.05, 0.1) is 12.3 Å². The molecule has 0 aliphatic rings. The minimum absolute atomic E-state index is 0.315. The fraction of sp³-hybridized carbons (Fsp3) is 0.733. The molecule has 0 aliphatic carbocycles. The van der Waals surface area contributed by atoms with Crippen molar-refractivity contribution >= 4 is 0 Å². The molecule has 2 unspecified atom stereocenters. The molecule has 2 atom stereocenters. The Labute approximate surface area is 112 Å². The van der Waals surface area contributed by atoms with Crippen LogP contribution in [0.2, 0.25) is 0 Å². The molecule has 1 heterocycles. The Morgan fingerprint density at radius 2 is 2.11 bits per heavy atom. The number of furan rings is 1. The third-order valence-corrected chi connectivity index (χ3v) is 3.49. The predicted molar refractivity (Wildman–Crippen MR) is 76.7 cm³/mol. The second-order valence-electron chi connectivity index (χ2n) is 5.15. The summed E-state index contributed by atoms with van der Waals surface area (Å²) in [5, 5.41) is 3.67. The summed E-state index contributed by atoms with van der Waals surface area (Å²) < 4.78 is 5.52. The Hall–Kier alpha value is -0.800. The summed E-state index contributed by atoms with van der Waals surface area (Å²) in [6, 6.07) is 4.96. The SMILES string of the molecule is CCCCC(CC)NCC(c1ccco1)N(C)C. The van der Waals surface area contributed by atoms with E-state index in [1.807, 2.05) is 6.07 Å². The molecule has 3 heteroatoms. The number of nitrogens with one attached hydrogen (secondary N) is 1. The Kier molecular flexibility index (Phi) is 7.06. The van der Waals surface area contributed by atoms with Crippen LogP contribution in [0.25, 0.3) is 0 Å². The van der Waals surface area contributed by atoms with E-state index in [1.165, 1.54) is 25.7 Å². The second-order valence-corrected chi connectivity index (χ2v) is 5.15. The van der Waals surface area contributed by atoms with Gasteiger partial charge in [0.25, 0.3) is 0 Å². The largest absolute Gasteiger partial charge is 0.468 e. The average molecular weight is 252 g/mol. The molecule has 3 nitrogen and oxygen atoms in total. The van der Waals surface area contributed by atoms with E-state index in [1.54, 1.807) is 6.26 Å². The normalized spacial score (nSPS) is 14.9. The van der Waals surface area contributed by atoms with Crippen LogP contribution in [-0.2, 0) is 0 Å². The van der Waals surface area contributed by atoms with Crippen molar-refractivity contribution < 1.29 is 4.42 Å². The molecule has 0 saturated carbocycles. The molecule has 1 N–H and O–H groups in total. The van der Waals surface area contributed by atoms with Crippen molar-refractivity contribution in [3.8, 4) is 0 Å². The van der Waals surface area contributed by atoms with Gasteiger partial charge in [0.15, 0.2) is 0 Å². The molecule has 18 heavy (non-hydrogen) atoms. The van der Waals surface area contributed by atoms with Crippen LogP contribution < -0.4 is 5.32 Å². The smallest absolute Gasteiger partial charge is 0.122 e. The molecule has 0 radical (unpaired) electrons. The lowest BCUT2D eigenvalue weighted by Crippen LogP contribution is -2.36. The maximum absolute atomic E-state index is 5.52. The summed E-state index contributed by atoms with van der Waals surface area (Å²) in [6.45, 7) is 5.45. The van der Waals surface area contributed by atoms with Crippen molar-refractivity contribution in [2.45, 2.75) is 51.6 Å². The maximum atomic E-state index is 5.52. The summed E-state index contributed by atoms with van der Waals surface area (Å²) in [5.74, 6) is 1.04. The van der Waals surface area contributed by atoms with Crippen LogP contribution in [0.5, 0.6) is 0 Å². The first-order valence-corrected chi connectivity index (χ1v) is 7.12. The Bertz CT molecular complexity index is 295. The number of unbranched alkanes of at least 4 members (excludes halogenated alkanes) is 1. The zero-order chi connectivity index (χ0) is 13.4. The summed E-state index contributed by atoms with van der Waals surface area (Å²) in [4.78, 5) is 2.21. The van der Waals surface area contributed by atoms with Gasteiger partial charge >= 0.3 is 0 Å². The summed E-state index contributed by atoms with van der Waals surface area (Å²) in [5.41, 5.74) is 0. The average Bonchev–Trinajstić information content (AvgIpc) is 2.86. The van der Waals surface area contributed by atoms with Gasteiger partial charge in [-0.1, -0.05) is 26.7 Å². The minimum Gasteiger partial charge on any atom is -0.468 e. The molecule has 1 aromatic heterocycles. The molecule has 0 spiro atoms. The number of hydrogen-bond donors (Lipinski definition) is 1. The second kappa shape index (κ2) is 8.33. The summed E-state index contributed by atoms with van der Waals surface area (Å²) in [6.07, 6.45) is 6.79. The van der Waals surface area contributed by atoms with Crippen molar-refractivity contribution in [1.82, 2.24) is 10.2 Å². The van der Waals surface area contributed by atoms with Crippen LogP contribution in [0.1, 0.15) is 51.3 Å². The van der Waals surface area contributed by atoms with Crippen LogP contribution in [0.4, 0.5) is 0 Å². The summed E-state index contributed by atoms with van der Waals surface area (Å²) >= 11 is 0. The Balaban J connectivity index is 2.46. The Morgan fingerprint density at radius 1 is 1.33 bits per heavy atom. The molecular formula is C15H28N2O. The first-order chi connectivity index (χ1) is 8.69. The van der Waals surface area contributed by atoms with E-state index in [-0.39, 0.29) is 0 Å². The number of likely N-dealkylation sites (N-methyl/N-ethyl adjacent to an activating group) is 1. The van der Waals surface area contributed by atoms with Gasteiger partial charge in [0.1, 0.15) is 5.76 Å². The third-order valence-electron chi connectivity index (χ3n) is 3.49. The maximum Gasteiger partial charge on any atom is 0.122 e. The highest BCUT2D eigenvalue weighted by Crippen LogP contribution is 2.18. The van der Waals surface area contributed by atoms with Gasteiger partial charge in [-0.2, -0.15) is 0 Å². The lowest BCUT2D eigenvalue weighted by molar-refractivity contribution is 0.240. The van der Waals surface area contributed by atoms with Gasteiger partial charge < -0.3 is 9.73 Å². The third kappa shape index (κ3) is 4.83. The first-order valence-electron chi connectivity index (χ1n) is 7.12. The van der Waals surface area contributed by atoms with E-state index in [4.69, 9.17) is 4.42 Å². The molecular weight excluding hydrogens is 224 g/mol. The van der Waals surface area contributed by atoms with E-state index in [9.17, 15) is 0 Å². The van der Waals surface area contributed by atoms with Crippen LogP contribution in [-0.4, -0.2) is 31.6 Å². The molecule has 0 fully saturated rings. The molecule has 104 valence electrons. The quantitative estimate of drug-likeness (QED) is 0.730. The van der Waals surface area contributed by atoms with Gasteiger partial charge in [0, 0.05) is 12.6 Å². The monoisotopic (exact) mass is 252 g/mol. The van der Waals surface area contributed by atoms with Gasteiger partial charge in [-0.3, -0.25) is 4.90 Å². The lowest BCUT2D eigenvalue weighted by atomic mass is 10.1. The van der Waals surface area contributed by atoms with E-state index in [0.29, 0.717) is 12.1 Å². The van der Waals surface area contributed by atoms with E-state index >= 15 is 0 Å². The highest BCUT2D eigenvalue weighted by Gasteiger charge is 2.17. The van der Waals surface area contributed by atoms with Crippen molar-refractivity contribution in [3.05, 3.63) is 24.2 Å². The first kappa shape index (κ1) is 15.3. The number of nitrogens with zero attached hydrogens (tertiary/aromatic N) is 1. The van der Waals surface area contributed by atoms with Crippen LogP contribution in [0, 0.1) is 0 Å². The molecule has 0 aromatic carbocycles. The van der Waals surface area contributed by atoms with Gasteiger partial charge in [0.2, 0.25) is 0 Å². The molecule has 0 bridgehead atoms. The Morgan fingerprint density at radius 3 is 2.61 bits per heavy atom. The predicted octanol–water partition coefficient (Wildman–Crippen LogP) is 3.44. The van der Waals surface area contributed by atoms with E-state index in [0.717, 1.165) is 12.3 Å². The molecule has 0 aliphatic heterocycles. The molecule has 1 aromatic rings. The van der Waals surface area contributed by atoms with Crippen molar-refractivity contribution in [2.75, 3.05) is 20.6 Å². The zero-order valence-electron chi connectivity index (χ0n) is 12.3. The number of hydrogen-bond acceptors (Lipinski definition) is 3. The van der Waals surface area contributed by atoms with Crippen molar-refractivity contribution in [2.24, 2.45) is 0 Å². The van der Waals surface area contributed by atoms with Gasteiger partial charge in [-0.25, -0.2) is 0 Å². The molecule has 0 amide bonds. The van der Waals surface area contributed by atoms with Crippen molar-refractivity contribution in [1.29, 1.82) is 0 Å². The number of rotatable bonds is 9. The fourth-order valence-corrected chi connectivity index (χ4v) is 2.20. The molecule has 1 rings (SSSR count). The fourth-order valence-electron chi connectivity index (χ4n) is 2.20. The van der Waals surface area contributed by atoms with Crippen molar-refractivity contribution in [3.63, 3.8) is 0 Å². The topological polar surface area (TPSA) is 28.4 Å². The van der Waals surface area contributed by atoms with Crippen LogP contribution in [0.3, 0.4) is 0 Å². The molecule has 0 saturated heterocycles. The van der Waals surface area contributed by atoms with Crippen LogP contribution >= 0.6 is 0 Å². The van der Waals surface area contributed by atoms with E-state index in [2.05, 4.69) is 44.2 Å². The van der Waals surface area contributed by atoms with Gasteiger partial charge in [-0.05, 0) is 39.1 Å². The zero-order valence-corrected chi connectivity index (χ0v) is 12.3. The minimum atomic E-state index is 0.315. The van der Waals surface area contributed by atoms with Gasteiger partial charge in [-0.15, -0.1) is 0 Å². The highest BCUT2D eigenvalue weighted by atomic mass is 16.3. The highest BCUT2D eigenvalue weighted by molar-refractivity contribution is 5.05. The van der Waals surface area contributed by atoms with E-state index < -0.39 is 0 Å². The summed E-state index contributed by atoms with van der Waals surface area (Å²) in [7, 11) is 4.20.